The van der Waals surface area contributed by atoms with Crippen LogP contribution in [0.1, 0.15) is 25.0 Å². The Labute approximate surface area is 128 Å². The van der Waals surface area contributed by atoms with Gasteiger partial charge in [-0.2, -0.15) is 0 Å². The molecule has 0 aliphatic carbocycles. The lowest BCUT2D eigenvalue weighted by Crippen LogP contribution is -2.24. The van der Waals surface area contributed by atoms with Crippen LogP contribution >= 0.6 is 0 Å². The first-order valence-corrected chi connectivity index (χ1v) is 7.68. The highest BCUT2D eigenvalue weighted by molar-refractivity contribution is 5.22. The largest absolute Gasteiger partial charge is 0.382 e. The quantitative estimate of drug-likeness (QED) is 0.601. The zero-order valence-corrected chi connectivity index (χ0v) is 13.6. The van der Waals surface area contributed by atoms with Gasteiger partial charge in [-0.15, -0.1) is 0 Å². The van der Waals surface area contributed by atoms with Gasteiger partial charge < -0.3 is 19.5 Å². The van der Waals surface area contributed by atoms with E-state index in [-0.39, 0.29) is 0 Å². The van der Waals surface area contributed by atoms with Crippen LogP contribution in [-0.2, 0) is 27.2 Å². The van der Waals surface area contributed by atoms with Crippen molar-refractivity contribution in [3.63, 3.8) is 0 Å². The summed E-state index contributed by atoms with van der Waals surface area (Å²) in [6.45, 7) is 8.47. The van der Waals surface area contributed by atoms with Gasteiger partial charge in [0.2, 0.25) is 0 Å². The van der Waals surface area contributed by atoms with Gasteiger partial charge in [0.1, 0.15) is 0 Å². The highest BCUT2D eigenvalue weighted by atomic mass is 16.5. The molecule has 0 saturated heterocycles. The molecular weight excluding hydrogens is 266 g/mol. The van der Waals surface area contributed by atoms with Crippen molar-refractivity contribution in [2.24, 2.45) is 0 Å². The molecule has 1 aromatic rings. The maximum atomic E-state index is 5.57. The molecule has 0 amide bonds. The van der Waals surface area contributed by atoms with E-state index in [9.17, 15) is 0 Å². The minimum Gasteiger partial charge on any atom is -0.382 e. The van der Waals surface area contributed by atoms with Crippen molar-refractivity contribution in [3.8, 4) is 0 Å². The lowest BCUT2D eigenvalue weighted by atomic mass is 10.1. The molecule has 1 aromatic carbocycles. The SMILES string of the molecule is COCCOCCOCc1ccc(CCNC(C)C)cc1. The number of rotatable bonds is 12. The van der Waals surface area contributed by atoms with E-state index in [0.29, 0.717) is 39.1 Å². The Kier molecular flexibility index (Phi) is 10.1. The molecule has 0 aliphatic rings. The number of hydrogen-bond donors (Lipinski definition) is 1. The predicted octanol–water partition coefficient (Wildman–Crippen LogP) is 2.41. The van der Waals surface area contributed by atoms with Crippen LogP contribution < -0.4 is 5.32 Å². The average molecular weight is 295 g/mol. The summed E-state index contributed by atoms with van der Waals surface area (Å²) in [4.78, 5) is 0. The van der Waals surface area contributed by atoms with E-state index >= 15 is 0 Å². The molecule has 0 bridgehead atoms. The molecule has 4 nitrogen and oxygen atoms in total. The fourth-order valence-corrected chi connectivity index (χ4v) is 1.86. The Morgan fingerprint density at radius 2 is 1.52 bits per heavy atom. The van der Waals surface area contributed by atoms with Gasteiger partial charge in [0, 0.05) is 13.2 Å². The third-order valence-electron chi connectivity index (χ3n) is 3.06. The standard InChI is InChI=1S/C17H29NO3/c1-15(2)18-9-8-16-4-6-17(7-5-16)14-21-13-12-20-11-10-19-3/h4-7,15,18H,8-14H2,1-3H3. The third-order valence-corrected chi connectivity index (χ3v) is 3.06. The van der Waals surface area contributed by atoms with Gasteiger partial charge in [-0.1, -0.05) is 38.1 Å². The van der Waals surface area contributed by atoms with Gasteiger partial charge >= 0.3 is 0 Å². The molecule has 4 heteroatoms. The summed E-state index contributed by atoms with van der Waals surface area (Å²) in [5.41, 5.74) is 2.56. The smallest absolute Gasteiger partial charge is 0.0718 e. The van der Waals surface area contributed by atoms with Crippen LogP contribution in [-0.4, -0.2) is 46.1 Å². The average Bonchev–Trinajstić information content (AvgIpc) is 2.47. The van der Waals surface area contributed by atoms with Crippen molar-refractivity contribution >= 4 is 0 Å². The van der Waals surface area contributed by atoms with Crippen LogP contribution in [0.25, 0.3) is 0 Å². The zero-order chi connectivity index (χ0) is 15.3. The summed E-state index contributed by atoms with van der Waals surface area (Å²) >= 11 is 0. The van der Waals surface area contributed by atoms with Gasteiger partial charge in [-0.25, -0.2) is 0 Å². The van der Waals surface area contributed by atoms with Crippen LogP contribution in [0.3, 0.4) is 0 Å². The normalized spacial score (nSPS) is 11.2. The number of nitrogens with one attached hydrogen (secondary N) is 1. The number of hydrogen-bond acceptors (Lipinski definition) is 4. The van der Waals surface area contributed by atoms with Crippen LogP contribution in [0.15, 0.2) is 24.3 Å². The van der Waals surface area contributed by atoms with Crippen molar-refractivity contribution < 1.29 is 14.2 Å². The van der Waals surface area contributed by atoms with E-state index in [4.69, 9.17) is 14.2 Å². The van der Waals surface area contributed by atoms with Crippen LogP contribution in [0.2, 0.25) is 0 Å². The first-order valence-electron chi connectivity index (χ1n) is 7.68. The second kappa shape index (κ2) is 11.7. The predicted molar refractivity (Wildman–Crippen MR) is 85.6 cm³/mol. The summed E-state index contributed by atoms with van der Waals surface area (Å²) < 4.78 is 15.8. The van der Waals surface area contributed by atoms with E-state index < -0.39 is 0 Å². The number of benzene rings is 1. The minimum atomic E-state index is 0.545. The number of methoxy groups -OCH3 is 1. The van der Waals surface area contributed by atoms with Gasteiger partial charge in [0.25, 0.3) is 0 Å². The molecule has 0 spiro atoms. The first kappa shape index (κ1) is 18.1. The molecule has 0 aliphatic heterocycles. The lowest BCUT2D eigenvalue weighted by molar-refractivity contribution is 0.0199. The molecule has 1 N–H and O–H groups in total. The molecule has 0 unspecified atom stereocenters. The Morgan fingerprint density at radius 1 is 0.905 bits per heavy atom. The molecular formula is C17H29NO3. The van der Waals surface area contributed by atoms with E-state index in [1.54, 1.807) is 7.11 Å². The van der Waals surface area contributed by atoms with Crippen LogP contribution in [0, 0.1) is 0 Å². The molecule has 0 radical (unpaired) electrons. The second-order valence-electron chi connectivity index (χ2n) is 5.33. The summed E-state index contributed by atoms with van der Waals surface area (Å²) in [6.07, 6.45) is 1.06. The molecule has 0 atom stereocenters. The van der Waals surface area contributed by atoms with Gasteiger partial charge in [0.05, 0.1) is 33.0 Å². The molecule has 0 fully saturated rings. The van der Waals surface area contributed by atoms with Crippen molar-refractivity contribution in [1.29, 1.82) is 0 Å². The minimum absolute atomic E-state index is 0.545. The van der Waals surface area contributed by atoms with E-state index in [1.807, 2.05) is 0 Å². The van der Waals surface area contributed by atoms with Crippen LogP contribution in [0.5, 0.6) is 0 Å². The fourth-order valence-electron chi connectivity index (χ4n) is 1.86. The topological polar surface area (TPSA) is 39.7 Å². The molecule has 0 heterocycles. The fraction of sp³-hybridized carbons (Fsp3) is 0.647. The highest BCUT2D eigenvalue weighted by Gasteiger charge is 1.97. The third kappa shape index (κ3) is 9.58. The van der Waals surface area contributed by atoms with Gasteiger partial charge in [-0.05, 0) is 24.1 Å². The van der Waals surface area contributed by atoms with Crippen molar-refractivity contribution in [3.05, 3.63) is 35.4 Å². The molecule has 0 aromatic heterocycles. The van der Waals surface area contributed by atoms with E-state index in [0.717, 1.165) is 13.0 Å². The van der Waals surface area contributed by atoms with Gasteiger partial charge in [0.15, 0.2) is 0 Å². The maximum Gasteiger partial charge on any atom is 0.0718 e. The zero-order valence-electron chi connectivity index (χ0n) is 13.6. The molecule has 1 rings (SSSR count). The molecule has 0 saturated carbocycles. The Balaban J connectivity index is 2.10. The van der Waals surface area contributed by atoms with Crippen molar-refractivity contribution in [1.82, 2.24) is 5.32 Å². The van der Waals surface area contributed by atoms with Gasteiger partial charge in [-0.3, -0.25) is 0 Å². The number of ether oxygens (including phenoxy) is 3. The first-order chi connectivity index (χ1) is 10.2. The maximum absolute atomic E-state index is 5.57. The summed E-state index contributed by atoms with van der Waals surface area (Å²) in [5, 5.41) is 3.42. The summed E-state index contributed by atoms with van der Waals surface area (Å²) in [5.74, 6) is 0. The molecule has 21 heavy (non-hydrogen) atoms. The Bertz CT molecular complexity index is 352. The summed E-state index contributed by atoms with van der Waals surface area (Å²) in [7, 11) is 1.67. The van der Waals surface area contributed by atoms with E-state index in [1.165, 1.54) is 11.1 Å². The Morgan fingerprint density at radius 3 is 2.19 bits per heavy atom. The monoisotopic (exact) mass is 295 g/mol. The summed E-state index contributed by atoms with van der Waals surface area (Å²) in [6, 6.07) is 9.17. The van der Waals surface area contributed by atoms with Crippen LogP contribution in [0.4, 0.5) is 0 Å². The highest BCUT2D eigenvalue weighted by Crippen LogP contribution is 2.06. The van der Waals surface area contributed by atoms with E-state index in [2.05, 4.69) is 43.4 Å². The molecule has 120 valence electrons. The lowest BCUT2D eigenvalue weighted by Gasteiger charge is -2.09. The second-order valence-corrected chi connectivity index (χ2v) is 5.33. The van der Waals surface area contributed by atoms with Crippen molar-refractivity contribution in [2.45, 2.75) is 32.9 Å². The Hall–Kier alpha value is -0.940. The van der Waals surface area contributed by atoms with Crippen molar-refractivity contribution in [2.75, 3.05) is 40.1 Å².